The standard InChI is InChI=1S/C57H94N22O21/c1-26(2)20-35(72-53(94)40-12-9-19-77(40)55(96)39(25-83)68-31-14-13-30(78(97)98)21-41(31)79(99)100)49(90)67-28(5)45(86)70-34(15-16-42(58)84)47(88)66-29(6)46(87)76-43(27(3)4)54(95)71-33(11-8-18-65-57(62)63)48(89)73-37(23-81)51(92)75-38(24-82)52(93)74-36(22-80)50(91)69-32(44(59)85)10-7-17-64-56(60)61/h13-14,21,26-29,32-40,43,68,80-83H,7-12,15-20,22-25H2,1-6H3,(H2,58,84)(H2,59,85)(H,66,88)(H,67,90)(H,69,91)(H,70,86)(H,71,95)(H,72,94)(H,73,89)(H,74,93)(H,75,92)(H,76,87)(H4,60,61,64)(H4,62,63,65). The van der Waals surface area contributed by atoms with Crippen LogP contribution >= 0.6 is 0 Å². The molecule has 1 aliphatic rings. The topological polar surface area (TPSA) is 706 Å². The second kappa shape index (κ2) is 42.2. The lowest BCUT2D eigenvalue weighted by Gasteiger charge is -2.30. The van der Waals surface area contributed by atoms with E-state index < -0.39 is 216 Å². The summed E-state index contributed by atoms with van der Waals surface area (Å²) in [6.07, 6.45) is -0.756. The Hall–Kier alpha value is -10.7. The number of amides is 13. The van der Waals surface area contributed by atoms with Crippen molar-refractivity contribution in [2.24, 2.45) is 56.2 Å². The third kappa shape index (κ3) is 28.4. The average molecular weight is 1420 g/mol. The predicted octanol–water partition coefficient (Wildman–Crippen LogP) is -9.31. The number of rotatable bonds is 44. The SMILES string of the molecule is CC(C)CC(NC(=O)C1CCCN1C(=O)C(CO)Nc1ccc([N+](=O)[O-])cc1[N+](=O)[O-])C(=O)NC(C)C(=O)NC(CCC(N)=O)C(=O)NC(C)C(=O)NC(C(=O)NC(CCCN=C(N)N)C(=O)NC(CO)C(=O)NC(CO)C(=O)NC(CO)C(=O)NC(CCCN=C(N)N)C(N)=O)C(C)C. The Kier molecular flexibility index (Phi) is 36.0. The van der Waals surface area contributed by atoms with Crippen LogP contribution < -0.4 is 92.9 Å². The highest BCUT2D eigenvalue weighted by Gasteiger charge is 2.41. The van der Waals surface area contributed by atoms with Crippen LogP contribution in [0.3, 0.4) is 0 Å². The number of nitro groups is 2. The highest BCUT2D eigenvalue weighted by Crippen LogP contribution is 2.30. The molecule has 0 radical (unpaired) electrons. The molecular formula is C57H94N22O21. The summed E-state index contributed by atoms with van der Waals surface area (Å²) in [6, 6.07) is -16.1. The Bertz CT molecular complexity index is 3150. The van der Waals surface area contributed by atoms with Crippen LogP contribution in [0.2, 0.25) is 0 Å². The maximum atomic E-state index is 14.1. The number of non-ortho nitro benzene ring substituents is 1. The van der Waals surface area contributed by atoms with E-state index in [1.807, 2.05) is 0 Å². The van der Waals surface area contributed by atoms with Crippen molar-refractivity contribution in [2.45, 2.75) is 172 Å². The van der Waals surface area contributed by atoms with Gasteiger partial charge in [0.1, 0.15) is 78.2 Å². The van der Waals surface area contributed by atoms with Crippen molar-refractivity contribution in [3.8, 4) is 0 Å². The molecule has 0 aromatic heterocycles. The quantitative estimate of drug-likeness (QED) is 0.00948. The molecule has 2 rings (SSSR count). The normalized spacial score (nSPS) is 15.8. The Morgan fingerprint density at radius 3 is 1.40 bits per heavy atom. The summed E-state index contributed by atoms with van der Waals surface area (Å²) in [5.41, 5.74) is 30.5. The number of aliphatic hydroxyl groups is 4. The lowest BCUT2D eigenvalue weighted by Crippen LogP contribution is -2.62. The van der Waals surface area contributed by atoms with Crippen molar-refractivity contribution in [3.63, 3.8) is 0 Å². The van der Waals surface area contributed by atoms with Gasteiger partial charge >= 0.3 is 0 Å². The molecule has 12 atom stereocenters. The number of guanidine groups is 2. The fraction of sp³-hybridized carbons (Fsp3) is 0.632. The molecule has 1 aromatic rings. The van der Waals surface area contributed by atoms with Gasteiger partial charge in [0, 0.05) is 32.1 Å². The molecule has 27 N–H and O–H groups in total. The predicted molar refractivity (Wildman–Crippen MR) is 353 cm³/mol. The fourth-order valence-corrected chi connectivity index (χ4v) is 9.67. The van der Waals surface area contributed by atoms with Crippen LogP contribution in [0.1, 0.15) is 99.3 Å². The number of anilines is 1. The van der Waals surface area contributed by atoms with Gasteiger partial charge in [-0.25, -0.2) is 0 Å². The molecule has 43 heteroatoms. The zero-order chi connectivity index (χ0) is 75.8. The fourth-order valence-electron chi connectivity index (χ4n) is 9.67. The first-order valence-corrected chi connectivity index (χ1v) is 31.6. The zero-order valence-corrected chi connectivity index (χ0v) is 56.1. The van der Waals surface area contributed by atoms with Gasteiger partial charge in [-0.05, 0) is 83.1 Å². The van der Waals surface area contributed by atoms with Gasteiger partial charge in [-0.15, -0.1) is 0 Å². The van der Waals surface area contributed by atoms with Gasteiger partial charge in [-0.3, -0.25) is 92.5 Å². The molecule has 558 valence electrons. The van der Waals surface area contributed by atoms with Crippen molar-refractivity contribution in [1.29, 1.82) is 0 Å². The van der Waals surface area contributed by atoms with Crippen LogP contribution in [0.4, 0.5) is 17.1 Å². The monoisotopic (exact) mass is 1420 g/mol. The number of likely N-dealkylation sites (tertiary alicyclic amines) is 1. The molecule has 1 saturated heterocycles. The first kappa shape index (κ1) is 85.4. The Morgan fingerprint density at radius 2 is 0.960 bits per heavy atom. The second-order valence-corrected chi connectivity index (χ2v) is 23.9. The van der Waals surface area contributed by atoms with Crippen molar-refractivity contribution >= 4 is 106 Å². The Morgan fingerprint density at radius 1 is 0.530 bits per heavy atom. The number of carbonyl (C=O) groups excluding carboxylic acids is 13. The molecule has 12 unspecified atom stereocenters. The summed E-state index contributed by atoms with van der Waals surface area (Å²) in [4.78, 5) is 205. The van der Waals surface area contributed by atoms with Crippen molar-refractivity contribution < 1.29 is 92.6 Å². The lowest BCUT2D eigenvalue weighted by molar-refractivity contribution is -0.393. The second-order valence-electron chi connectivity index (χ2n) is 23.9. The van der Waals surface area contributed by atoms with E-state index in [4.69, 9.17) is 34.4 Å². The van der Waals surface area contributed by atoms with Gasteiger partial charge in [-0.2, -0.15) is 0 Å². The molecule has 43 nitrogen and oxygen atoms in total. The number of nitro benzene ring substituents is 2. The van der Waals surface area contributed by atoms with Gasteiger partial charge in [0.05, 0.1) is 42.3 Å². The number of benzene rings is 1. The summed E-state index contributed by atoms with van der Waals surface area (Å²) in [6.45, 7) is 4.51. The zero-order valence-electron chi connectivity index (χ0n) is 56.1. The molecule has 13 amide bonds. The largest absolute Gasteiger partial charge is 0.394 e. The molecule has 0 spiro atoms. The number of nitrogens with two attached hydrogens (primary N) is 6. The van der Waals surface area contributed by atoms with E-state index >= 15 is 0 Å². The van der Waals surface area contributed by atoms with Crippen LogP contribution in [-0.2, 0) is 62.3 Å². The van der Waals surface area contributed by atoms with Crippen LogP contribution in [-0.4, -0.2) is 242 Å². The number of aliphatic imine (C=N–C) groups is 2. The van der Waals surface area contributed by atoms with Gasteiger partial charge in [0.15, 0.2) is 11.9 Å². The van der Waals surface area contributed by atoms with Gasteiger partial charge in [0.2, 0.25) is 76.8 Å². The number of hydrogen-bond acceptors (Lipinski definition) is 24. The molecule has 100 heavy (non-hydrogen) atoms. The number of hydrogen-bond donors (Lipinski definition) is 21. The minimum absolute atomic E-state index is 0.0111. The Labute approximate surface area is 572 Å². The minimum Gasteiger partial charge on any atom is -0.394 e. The maximum absolute atomic E-state index is 14.1. The number of primary amides is 2. The smallest absolute Gasteiger partial charge is 0.299 e. The number of nitrogens with one attached hydrogen (secondary N) is 11. The molecule has 0 aliphatic carbocycles. The van der Waals surface area contributed by atoms with E-state index in [-0.39, 0.29) is 88.1 Å². The number of nitrogens with zero attached hydrogens (tertiary/aromatic N) is 5. The minimum atomic E-state index is -1.90. The number of carbonyl (C=O) groups is 13. The first-order chi connectivity index (χ1) is 46.9. The van der Waals surface area contributed by atoms with Crippen LogP contribution in [0.15, 0.2) is 28.2 Å². The summed E-state index contributed by atoms with van der Waals surface area (Å²) in [7, 11) is 0. The summed E-state index contributed by atoms with van der Waals surface area (Å²) in [5, 5.41) is 89.4. The molecule has 1 aliphatic heterocycles. The molecule has 1 heterocycles. The molecular weight excluding hydrogens is 1330 g/mol. The molecule has 0 saturated carbocycles. The van der Waals surface area contributed by atoms with E-state index in [0.717, 1.165) is 17.0 Å². The van der Waals surface area contributed by atoms with Crippen LogP contribution in [0.5, 0.6) is 0 Å². The van der Waals surface area contributed by atoms with Crippen molar-refractivity contribution in [1.82, 2.24) is 58.1 Å². The van der Waals surface area contributed by atoms with E-state index in [0.29, 0.717) is 6.07 Å². The lowest BCUT2D eigenvalue weighted by atomic mass is 10.0. The molecule has 0 bridgehead atoms. The summed E-state index contributed by atoms with van der Waals surface area (Å²) in [5.74, 6) is -14.9. The highest BCUT2D eigenvalue weighted by molar-refractivity contribution is 6.00. The van der Waals surface area contributed by atoms with Crippen molar-refractivity contribution in [2.75, 3.05) is 51.4 Å². The van der Waals surface area contributed by atoms with Gasteiger partial charge in [-0.1, -0.05) is 27.7 Å². The van der Waals surface area contributed by atoms with E-state index in [2.05, 4.69) is 68.5 Å². The first-order valence-electron chi connectivity index (χ1n) is 31.6. The van der Waals surface area contributed by atoms with Crippen LogP contribution in [0.25, 0.3) is 0 Å². The molecule has 1 fully saturated rings. The Balaban J connectivity index is 2.24. The average Bonchev–Trinajstić information content (AvgIpc) is 1.51. The highest BCUT2D eigenvalue weighted by atomic mass is 16.6. The summed E-state index contributed by atoms with van der Waals surface area (Å²) >= 11 is 0. The van der Waals surface area contributed by atoms with E-state index in [1.54, 1.807) is 13.8 Å². The van der Waals surface area contributed by atoms with Crippen molar-refractivity contribution in [3.05, 3.63) is 38.4 Å². The van der Waals surface area contributed by atoms with E-state index in [1.165, 1.54) is 27.7 Å². The molecule has 1 aromatic carbocycles. The van der Waals surface area contributed by atoms with Gasteiger partial charge in [0.25, 0.3) is 11.4 Å². The van der Waals surface area contributed by atoms with Crippen LogP contribution in [0, 0.1) is 32.1 Å². The van der Waals surface area contributed by atoms with E-state index in [9.17, 15) is 103 Å². The third-order valence-electron chi connectivity index (χ3n) is 15.1. The third-order valence-corrected chi connectivity index (χ3v) is 15.1. The maximum Gasteiger partial charge on any atom is 0.299 e. The number of aliphatic hydroxyl groups excluding tert-OH is 4. The van der Waals surface area contributed by atoms with Gasteiger partial charge < -0.3 is 118 Å². The summed E-state index contributed by atoms with van der Waals surface area (Å²) < 4.78 is 0.